The van der Waals surface area contributed by atoms with Gasteiger partial charge in [0.2, 0.25) is 0 Å². The quantitative estimate of drug-likeness (QED) is 0.288. The summed E-state index contributed by atoms with van der Waals surface area (Å²) in [6, 6.07) is 21.2. The van der Waals surface area contributed by atoms with Crippen LogP contribution in [0.1, 0.15) is 60.2 Å². The molecule has 0 saturated carbocycles. The molecule has 0 radical (unpaired) electrons. The predicted molar refractivity (Wildman–Crippen MR) is 137 cm³/mol. The minimum atomic E-state index is -0.804. The monoisotopic (exact) mass is 464 g/mol. The lowest BCUT2D eigenvalue weighted by atomic mass is 9.84. The Morgan fingerprint density at radius 1 is 0.943 bits per heavy atom. The first-order valence-corrected chi connectivity index (χ1v) is 11.5. The number of aliphatic hydroxyl groups excluding tert-OH is 1. The number of hydrogen-bond donors (Lipinski definition) is 1. The second-order valence-corrected chi connectivity index (χ2v) is 9.96. The number of amides is 1. The standard InChI is InChI=1S/C30H28N2O3/c1-18-8-6-7-9-23(18)26-25(27(33)24-16-21(30(3,4)5)13-10-19(24)2)28(34)29(35)32(26)22-14-11-20(17-31)12-15-22/h6-16,26,33H,1-5H3/b27-25+. The highest BCUT2D eigenvalue weighted by Crippen LogP contribution is 2.43. The zero-order valence-corrected chi connectivity index (χ0v) is 20.6. The van der Waals surface area contributed by atoms with Crippen molar-refractivity contribution in [2.24, 2.45) is 0 Å². The van der Waals surface area contributed by atoms with Crippen LogP contribution >= 0.6 is 0 Å². The van der Waals surface area contributed by atoms with Gasteiger partial charge in [0.1, 0.15) is 5.76 Å². The van der Waals surface area contributed by atoms with E-state index < -0.39 is 17.7 Å². The van der Waals surface area contributed by atoms with Crippen molar-refractivity contribution in [3.63, 3.8) is 0 Å². The number of ketones is 1. The van der Waals surface area contributed by atoms with Crippen molar-refractivity contribution < 1.29 is 14.7 Å². The molecule has 1 amide bonds. The Morgan fingerprint density at radius 3 is 2.20 bits per heavy atom. The van der Waals surface area contributed by atoms with Crippen LogP contribution in [0.5, 0.6) is 0 Å². The largest absolute Gasteiger partial charge is 0.507 e. The van der Waals surface area contributed by atoms with Crippen LogP contribution in [0, 0.1) is 25.2 Å². The van der Waals surface area contributed by atoms with Gasteiger partial charge in [-0.1, -0.05) is 57.2 Å². The van der Waals surface area contributed by atoms with Crippen LogP contribution in [0.4, 0.5) is 5.69 Å². The predicted octanol–water partition coefficient (Wildman–Crippen LogP) is 6.10. The van der Waals surface area contributed by atoms with Crippen molar-refractivity contribution in [3.8, 4) is 6.07 Å². The molecule has 4 rings (SSSR count). The first-order valence-electron chi connectivity index (χ1n) is 11.5. The third kappa shape index (κ3) is 4.24. The van der Waals surface area contributed by atoms with E-state index >= 15 is 0 Å². The van der Waals surface area contributed by atoms with Crippen molar-refractivity contribution in [1.82, 2.24) is 0 Å². The Morgan fingerprint density at radius 2 is 1.60 bits per heavy atom. The first-order chi connectivity index (χ1) is 16.5. The average Bonchev–Trinajstić information content (AvgIpc) is 3.09. The van der Waals surface area contributed by atoms with E-state index in [1.54, 1.807) is 24.3 Å². The number of hydrogen-bond acceptors (Lipinski definition) is 4. The number of aliphatic hydroxyl groups is 1. The van der Waals surface area contributed by atoms with Crippen LogP contribution in [0.15, 0.2) is 72.3 Å². The molecule has 35 heavy (non-hydrogen) atoms. The number of carbonyl (C=O) groups excluding carboxylic acids is 2. The lowest BCUT2D eigenvalue weighted by molar-refractivity contribution is -0.132. The van der Waals surface area contributed by atoms with Crippen molar-refractivity contribution in [3.05, 3.63) is 106 Å². The number of Topliss-reactive ketones (excluding diaryl/α,β-unsaturated/α-hetero) is 1. The fourth-order valence-corrected chi connectivity index (χ4v) is 4.47. The number of rotatable bonds is 3. The summed E-state index contributed by atoms with van der Waals surface area (Å²) in [5.41, 5.74) is 4.84. The minimum absolute atomic E-state index is 0.0582. The van der Waals surface area contributed by atoms with E-state index in [0.717, 1.165) is 22.3 Å². The molecule has 5 heteroatoms. The van der Waals surface area contributed by atoms with Crippen molar-refractivity contribution in [1.29, 1.82) is 5.26 Å². The molecule has 1 heterocycles. The summed E-state index contributed by atoms with van der Waals surface area (Å²) in [5, 5.41) is 20.8. The van der Waals surface area contributed by atoms with Gasteiger partial charge in [0, 0.05) is 11.3 Å². The average molecular weight is 465 g/mol. The molecule has 0 spiro atoms. The molecule has 1 N–H and O–H groups in total. The fraction of sp³-hybridized carbons (Fsp3) is 0.233. The summed E-state index contributed by atoms with van der Waals surface area (Å²) in [6.45, 7) is 10.0. The van der Waals surface area contributed by atoms with Crippen molar-refractivity contribution in [2.45, 2.75) is 46.1 Å². The van der Waals surface area contributed by atoms with Gasteiger partial charge in [0.15, 0.2) is 0 Å². The summed E-state index contributed by atoms with van der Waals surface area (Å²) in [6.07, 6.45) is 0. The number of carbonyl (C=O) groups is 2. The Hall–Kier alpha value is -4.17. The first kappa shape index (κ1) is 24.0. The number of nitriles is 1. The van der Waals surface area contributed by atoms with Gasteiger partial charge in [-0.15, -0.1) is 0 Å². The van der Waals surface area contributed by atoms with Crippen molar-refractivity contribution in [2.75, 3.05) is 4.90 Å². The van der Waals surface area contributed by atoms with Crippen LogP contribution < -0.4 is 4.90 Å². The summed E-state index contributed by atoms with van der Waals surface area (Å²) >= 11 is 0. The molecule has 1 unspecified atom stereocenters. The smallest absolute Gasteiger partial charge is 0.300 e. The summed E-state index contributed by atoms with van der Waals surface area (Å²) in [5.74, 6) is -1.63. The molecule has 0 aliphatic carbocycles. The van der Waals surface area contributed by atoms with Crippen LogP contribution in [-0.4, -0.2) is 16.8 Å². The lowest BCUT2D eigenvalue weighted by Crippen LogP contribution is -2.29. The molecule has 3 aromatic rings. The normalized spacial score (nSPS) is 17.5. The van der Waals surface area contributed by atoms with E-state index in [2.05, 4.69) is 26.8 Å². The molecular formula is C30H28N2O3. The molecule has 1 fully saturated rings. The Bertz CT molecular complexity index is 1400. The van der Waals surface area contributed by atoms with Gasteiger partial charge in [-0.25, -0.2) is 0 Å². The number of nitrogens with zero attached hydrogens (tertiary/aromatic N) is 2. The lowest BCUT2D eigenvalue weighted by Gasteiger charge is -2.27. The van der Waals surface area contributed by atoms with Gasteiger partial charge in [-0.2, -0.15) is 5.26 Å². The number of anilines is 1. The van der Waals surface area contributed by atoms with Gasteiger partial charge in [0.05, 0.1) is 23.2 Å². The van der Waals surface area contributed by atoms with Crippen LogP contribution in [0.25, 0.3) is 5.76 Å². The van der Waals surface area contributed by atoms with E-state index in [1.165, 1.54) is 4.90 Å². The third-order valence-corrected chi connectivity index (χ3v) is 6.56. The van der Waals surface area contributed by atoms with E-state index in [9.17, 15) is 20.0 Å². The maximum absolute atomic E-state index is 13.5. The summed E-state index contributed by atoms with van der Waals surface area (Å²) < 4.78 is 0. The second kappa shape index (κ2) is 8.88. The Kier molecular flexibility index (Phi) is 6.08. The topological polar surface area (TPSA) is 81.4 Å². The third-order valence-electron chi connectivity index (χ3n) is 6.56. The molecule has 0 bridgehead atoms. The molecule has 3 aromatic carbocycles. The highest BCUT2D eigenvalue weighted by molar-refractivity contribution is 6.51. The van der Waals surface area contributed by atoms with Crippen molar-refractivity contribution >= 4 is 23.1 Å². The van der Waals surface area contributed by atoms with Gasteiger partial charge >= 0.3 is 0 Å². The van der Waals surface area contributed by atoms with Gasteiger partial charge in [0.25, 0.3) is 11.7 Å². The summed E-state index contributed by atoms with van der Waals surface area (Å²) in [7, 11) is 0. The molecular weight excluding hydrogens is 436 g/mol. The molecule has 1 aliphatic rings. The van der Waals surface area contributed by atoms with E-state index in [4.69, 9.17) is 0 Å². The van der Waals surface area contributed by atoms with Gasteiger partial charge in [-0.05, 0) is 71.8 Å². The zero-order chi connectivity index (χ0) is 25.5. The molecule has 5 nitrogen and oxygen atoms in total. The maximum atomic E-state index is 13.5. The number of aryl methyl sites for hydroxylation is 2. The van der Waals surface area contributed by atoms with E-state index in [0.29, 0.717) is 16.8 Å². The highest BCUT2D eigenvalue weighted by Gasteiger charge is 2.47. The Balaban J connectivity index is 1.99. The molecule has 176 valence electrons. The fourth-order valence-electron chi connectivity index (χ4n) is 4.47. The van der Waals surface area contributed by atoms with Crippen LogP contribution in [0.2, 0.25) is 0 Å². The summed E-state index contributed by atoms with van der Waals surface area (Å²) in [4.78, 5) is 28.2. The highest BCUT2D eigenvalue weighted by atomic mass is 16.3. The Labute approximate surface area is 205 Å². The zero-order valence-electron chi connectivity index (χ0n) is 20.6. The number of benzene rings is 3. The molecule has 1 aliphatic heterocycles. The molecule has 1 atom stereocenters. The maximum Gasteiger partial charge on any atom is 0.300 e. The van der Waals surface area contributed by atoms with Crippen LogP contribution in [-0.2, 0) is 15.0 Å². The SMILES string of the molecule is Cc1ccc(C(C)(C)C)cc1/C(O)=C1\C(=O)C(=O)N(c2ccc(C#N)cc2)C1c1ccccc1C. The van der Waals surface area contributed by atoms with E-state index in [-0.39, 0.29) is 16.7 Å². The van der Waals surface area contributed by atoms with Gasteiger partial charge < -0.3 is 5.11 Å². The van der Waals surface area contributed by atoms with Crippen LogP contribution in [0.3, 0.4) is 0 Å². The van der Waals surface area contributed by atoms with Gasteiger partial charge in [-0.3, -0.25) is 14.5 Å². The second-order valence-electron chi connectivity index (χ2n) is 9.96. The minimum Gasteiger partial charge on any atom is -0.507 e. The molecule has 0 aromatic heterocycles. The molecule has 1 saturated heterocycles. The van der Waals surface area contributed by atoms with E-state index in [1.807, 2.05) is 56.3 Å².